The van der Waals surface area contributed by atoms with E-state index in [2.05, 4.69) is 15.1 Å². The number of benzene rings is 1. The van der Waals surface area contributed by atoms with Crippen molar-refractivity contribution in [3.63, 3.8) is 0 Å². The molecule has 0 unspecified atom stereocenters. The van der Waals surface area contributed by atoms with E-state index in [1.807, 2.05) is 18.4 Å². The van der Waals surface area contributed by atoms with E-state index in [1.54, 1.807) is 22.5 Å². The Kier molecular flexibility index (Phi) is 7.54. The summed E-state index contributed by atoms with van der Waals surface area (Å²) < 4.78 is 35.5. The average Bonchev–Trinajstić information content (AvgIpc) is 3.09. The molecule has 0 radical (unpaired) electrons. The van der Waals surface area contributed by atoms with Gasteiger partial charge in [0, 0.05) is 45.3 Å². The molecule has 1 amide bonds. The number of aromatic nitrogens is 1. The van der Waals surface area contributed by atoms with E-state index < -0.39 is 10.0 Å². The summed E-state index contributed by atoms with van der Waals surface area (Å²) in [6.45, 7) is 9.10. The third kappa shape index (κ3) is 5.65. The van der Waals surface area contributed by atoms with Gasteiger partial charge < -0.3 is 9.73 Å². The van der Waals surface area contributed by atoms with Crippen molar-refractivity contribution < 1.29 is 17.6 Å². The van der Waals surface area contributed by atoms with Gasteiger partial charge in [-0.2, -0.15) is 4.31 Å². The highest BCUT2D eigenvalue weighted by atomic mass is 32.2. The maximum Gasteiger partial charge on any atom is 0.270 e. The molecule has 2 aliphatic rings. The highest BCUT2D eigenvalue weighted by Crippen LogP contribution is 2.26. The third-order valence-corrected chi connectivity index (χ3v) is 8.41. The summed E-state index contributed by atoms with van der Waals surface area (Å²) >= 11 is 5.45. The summed E-state index contributed by atoms with van der Waals surface area (Å²) in [4.78, 5) is 17.0. The van der Waals surface area contributed by atoms with Gasteiger partial charge in [-0.1, -0.05) is 6.42 Å². The molecule has 0 aliphatic carbocycles. The van der Waals surface area contributed by atoms with E-state index in [1.165, 1.54) is 0 Å². The molecule has 0 bridgehead atoms. The van der Waals surface area contributed by atoms with Crippen LogP contribution in [-0.2, 0) is 21.5 Å². The fourth-order valence-electron chi connectivity index (χ4n) is 4.45. The number of piperazine rings is 1. The van der Waals surface area contributed by atoms with Crippen LogP contribution in [0, 0.1) is 4.84 Å². The molecule has 1 aromatic heterocycles. The Hall–Kier alpha value is -1.79. The number of nitrogens with zero attached hydrogens (tertiary/aromatic N) is 4. The van der Waals surface area contributed by atoms with Crippen molar-refractivity contribution in [2.45, 2.75) is 50.7 Å². The van der Waals surface area contributed by atoms with Crippen molar-refractivity contribution in [2.24, 2.45) is 0 Å². The second-order valence-electron chi connectivity index (χ2n) is 9.15. The Bertz CT molecular complexity index is 1140. The summed E-state index contributed by atoms with van der Waals surface area (Å²) in [5.74, 6) is 0.0453. The van der Waals surface area contributed by atoms with Crippen LogP contribution < -0.4 is 5.32 Å². The molecular weight excluding hydrogens is 462 g/mol. The van der Waals surface area contributed by atoms with Crippen molar-refractivity contribution in [3.8, 4) is 0 Å². The van der Waals surface area contributed by atoms with Gasteiger partial charge in [0.1, 0.15) is 0 Å². The monoisotopic (exact) mass is 495 g/mol. The molecule has 11 heteroatoms. The predicted molar refractivity (Wildman–Crippen MR) is 129 cm³/mol. The van der Waals surface area contributed by atoms with Crippen molar-refractivity contribution >= 4 is 39.2 Å². The SMILES string of the molecule is CC(C)NC(=O)CN1CCN(Cn2c(=S)oc3ccc(S(=O)(=O)N4CCCCC4)cc32)CC1. The van der Waals surface area contributed by atoms with Crippen LogP contribution in [0.15, 0.2) is 27.5 Å². The molecule has 0 atom stereocenters. The maximum absolute atomic E-state index is 13.1. The van der Waals surface area contributed by atoms with Gasteiger partial charge in [0.25, 0.3) is 4.84 Å². The standard InChI is InChI=1S/C22H33N5O4S2/c1-17(2)23-21(28)15-24-10-12-25(13-11-24)16-27-19-14-18(6-7-20(19)31-22(27)32)33(29,30)26-8-4-3-5-9-26/h6-7,14,17H,3-5,8-13,15-16H2,1-2H3,(H,23,28). The van der Waals surface area contributed by atoms with Crippen molar-refractivity contribution in [1.82, 2.24) is 24.0 Å². The number of fused-ring (bicyclic) bond motifs is 1. The molecule has 33 heavy (non-hydrogen) atoms. The first kappa shape index (κ1) is 24.3. The Morgan fingerprint density at radius 1 is 1.06 bits per heavy atom. The second kappa shape index (κ2) is 10.2. The lowest BCUT2D eigenvalue weighted by atomic mass is 10.2. The lowest BCUT2D eigenvalue weighted by molar-refractivity contribution is -0.123. The summed E-state index contributed by atoms with van der Waals surface area (Å²) in [7, 11) is -3.54. The lowest BCUT2D eigenvalue weighted by Gasteiger charge is -2.34. The maximum atomic E-state index is 13.1. The molecular formula is C22H33N5O4S2. The summed E-state index contributed by atoms with van der Waals surface area (Å²) in [6, 6.07) is 5.13. The number of oxazole rings is 1. The van der Waals surface area contributed by atoms with E-state index in [0.29, 0.717) is 42.2 Å². The molecule has 0 spiro atoms. The number of sulfonamides is 1. The minimum Gasteiger partial charge on any atom is -0.429 e. The van der Waals surface area contributed by atoms with Crippen LogP contribution in [0.1, 0.15) is 33.1 Å². The summed E-state index contributed by atoms with van der Waals surface area (Å²) in [5, 5.41) is 2.93. The molecule has 9 nitrogen and oxygen atoms in total. The van der Waals surface area contributed by atoms with Gasteiger partial charge in [0.15, 0.2) is 5.58 Å². The summed E-state index contributed by atoms with van der Waals surface area (Å²) in [6.07, 6.45) is 2.87. The first-order chi connectivity index (χ1) is 15.7. The number of carbonyl (C=O) groups is 1. The van der Waals surface area contributed by atoms with E-state index in [4.69, 9.17) is 16.6 Å². The van der Waals surface area contributed by atoms with Crippen LogP contribution in [0.25, 0.3) is 11.1 Å². The molecule has 1 N–H and O–H groups in total. The van der Waals surface area contributed by atoms with Gasteiger partial charge in [0.2, 0.25) is 15.9 Å². The van der Waals surface area contributed by atoms with E-state index >= 15 is 0 Å². The fourth-order valence-corrected chi connectivity index (χ4v) is 6.23. The van der Waals surface area contributed by atoms with Crippen LogP contribution in [-0.4, -0.2) is 84.9 Å². The summed E-state index contributed by atoms with van der Waals surface area (Å²) in [5.41, 5.74) is 1.28. The third-order valence-electron chi connectivity index (χ3n) is 6.21. The number of carbonyl (C=O) groups excluding carboxylic acids is 1. The molecule has 4 rings (SSSR count). The minimum absolute atomic E-state index is 0.0453. The predicted octanol–water partition coefficient (Wildman–Crippen LogP) is 2.24. The molecule has 3 heterocycles. The van der Waals surface area contributed by atoms with Crippen LogP contribution in [0.5, 0.6) is 0 Å². The Morgan fingerprint density at radius 2 is 1.73 bits per heavy atom. The van der Waals surface area contributed by atoms with E-state index in [-0.39, 0.29) is 16.8 Å². The number of rotatable bonds is 7. The van der Waals surface area contributed by atoms with Crippen LogP contribution in [0.2, 0.25) is 0 Å². The van der Waals surface area contributed by atoms with Gasteiger partial charge in [-0.05, 0) is 57.1 Å². The zero-order valence-electron chi connectivity index (χ0n) is 19.3. The lowest BCUT2D eigenvalue weighted by Crippen LogP contribution is -2.50. The smallest absolute Gasteiger partial charge is 0.270 e. The van der Waals surface area contributed by atoms with Gasteiger partial charge in [-0.15, -0.1) is 0 Å². The Morgan fingerprint density at radius 3 is 2.39 bits per heavy atom. The molecule has 1 aromatic carbocycles. The van der Waals surface area contributed by atoms with Crippen molar-refractivity contribution in [3.05, 3.63) is 23.0 Å². The van der Waals surface area contributed by atoms with Crippen LogP contribution in [0.4, 0.5) is 0 Å². The molecule has 2 saturated heterocycles. The van der Waals surface area contributed by atoms with Gasteiger partial charge >= 0.3 is 0 Å². The topological polar surface area (TPSA) is 91.0 Å². The first-order valence-electron chi connectivity index (χ1n) is 11.6. The van der Waals surface area contributed by atoms with Gasteiger partial charge in [-0.25, -0.2) is 8.42 Å². The van der Waals surface area contributed by atoms with Crippen molar-refractivity contribution in [1.29, 1.82) is 0 Å². The zero-order valence-corrected chi connectivity index (χ0v) is 21.0. The number of hydrogen-bond donors (Lipinski definition) is 1. The average molecular weight is 496 g/mol. The number of amides is 1. The molecule has 2 aliphatic heterocycles. The molecule has 2 fully saturated rings. The quantitative estimate of drug-likeness (QED) is 0.589. The van der Waals surface area contributed by atoms with Crippen LogP contribution in [0.3, 0.4) is 0 Å². The minimum atomic E-state index is -3.54. The molecule has 182 valence electrons. The van der Waals surface area contributed by atoms with Crippen LogP contribution >= 0.6 is 12.2 Å². The van der Waals surface area contributed by atoms with E-state index in [9.17, 15) is 13.2 Å². The highest BCUT2D eigenvalue weighted by molar-refractivity contribution is 7.89. The largest absolute Gasteiger partial charge is 0.429 e. The first-order valence-corrected chi connectivity index (χ1v) is 13.5. The van der Waals surface area contributed by atoms with E-state index in [0.717, 1.165) is 45.4 Å². The molecule has 2 aromatic rings. The number of piperidine rings is 1. The highest BCUT2D eigenvalue weighted by Gasteiger charge is 2.27. The zero-order chi connectivity index (χ0) is 23.6. The number of nitrogens with one attached hydrogen (secondary N) is 1. The normalized spacial score (nSPS) is 19.4. The fraction of sp³-hybridized carbons (Fsp3) is 0.636. The molecule has 0 saturated carbocycles. The second-order valence-corrected chi connectivity index (χ2v) is 11.4. The Labute approximate surface area is 200 Å². The van der Waals surface area contributed by atoms with Gasteiger partial charge in [-0.3, -0.25) is 19.2 Å². The van der Waals surface area contributed by atoms with Gasteiger partial charge in [0.05, 0.1) is 23.6 Å². The number of hydrogen-bond acceptors (Lipinski definition) is 7. The Balaban J connectivity index is 1.46. The van der Waals surface area contributed by atoms with Crippen molar-refractivity contribution in [2.75, 3.05) is 45.8 Å².